The van der Waals surface area contributed by atoms with Crippen molar-refractivity contribution in [1.29, 1.82) is 0 Å². The Labute approximate surface area is 207 Å². The fourth-order valence-corrected chi connectivity index (χ4v) is 5.79. The van der Waals surface area contributed by atoms with Crippen LogP contribution in [-0.4, -0.2) is 48.7 Å². The molecule has 1 aliphatic heterocycles. The highest BCUT2D eigenvalue weighted by atomic mass is 32.2. The summed E-state index contributed by atoms with van der Waals surface area (Å²) in [6.45, 7) is 0.989. The van der Waals surface area contributed by atoms with E-state index in [9.17, 15) is 17.2 Å². The van der Waals surface area contributed by atoms with Crippen LogP contribution in [0.2, 0.25) is 0 Å². The van der Waals surface area contributed by atoms with Gasteiger partial charge in [-0.2, -0.15) is 0 Å². The molecule has 0 spiro atoms. The molecule has 7 nitrogen and oxygen atoms in total. The smallest absolute Gasteiger partial charge is 0.223 e. The predicted molar refractivity (Wildman–Crippen MR) is 135 cm³/mol. The molecule has 2 atom stereocenters. The Morgan fingerprint density at radius 2 is 1.83 bits per heavy atom. The first-order valence-electron chi connectivity index (χ1n) is 11.6. The SMILES string of the molecule is O=S(=O)(Cc1ccccc1)Cc1ccc(-c2cc3cnc(N[C@@H]4CNC[C@@H](F)C4)nc3cn2)cc1F. The zero-order valence-electron chi connectivity index (χ0n) is 19.4. The first-order chi connectivity index (χ1) is 17.3. The Morgan fingerprint density at radius 1 is 1.00 bits per heavy atom. The number of hydrogen-bond donors (Lipinski definition) is 2. The van der Waals surface area contributed by atoms with Gasteiger partial charge in [0, 0.05) is 48.3 Å². The van der Waals surface area contributed by atoms with Crippen LogP contribution in [0.5, 0.6) is 0 Å². The van der Waals surface area contributed by atoms with Crippen LogP contribution in [0, 0.1) is 5.82 Å². The third-order valence-corrected chi connectivity index (χ3v) is 7.57. The molecule has 186 valence electrons. The average Bonchev–Trinajstić information content (AvgIpc) is 2.85. The lowest BCUT2D eigenvalue weighted by Crippen LogP contribution is -2.44. The van der Waals surface area contributed by atoms with Crippen molar-refractivity contribution in [3.63, 3.8) is 0 Å². The standard InChI is InChI=1S/C26H25F2N5O2S/c27-21-10-22(13-29-12-21)32-26-31-11-20-9-24(30-14-25(20)33-26)18-6-7-19(23(28)8-18)16-36(34,35)15-17-4-2-1-3-5-17/h1-9,11,14,21-22,29H,10,12-13,15-16H2,(H,31,32,33)/t21-,22-/m0/s1. The molecule has 0 aliphatic carbocycles. The molecular weight excluding hydrogens is 484 g/mol. The fourth-order valence-electron chi connectivity index (χ4n) is 4.28. The van der Waals surface area contributed by atoms with Crippen LogP contribution < -0.4 is 10.6 Å². The molecule has 3 heterocycles. The number of alkyl halides is 1. The van der Waals surface area contributed by atoms with E-state index in [0.29, 0.717) is 53.2 Å². The Kier molecular flexibility index (Phi) is 6.88. The zero-order chi connectivity index (χ0) is 25.1. The van der Waals surface area contributed by atoms with Crippen molar-refractivity contribution < 1.29 is 17.2 Å². The maximum atomic E-state index is 14.9. The lowest BCUT2D eigenvalue weighted by atomic mass is 10.1. The average molecular weight is 510 g/mol. The largest absolute Gasteiger partial charge is 0.350 e. The van der Waals surface area contributed by atoms with Gasteiger partial charge in [-0.1, -0.05) is 42.5 Å². The molecule has 1 aliphatic rings. The third-order valence-electron chi connectivity index (χ3n) is 6.05. The number of nitrogens with zero attached hydrogens (tertiary/aromatic N) is 3. The molecule has 36 heavy (non-hydrogen) atoms. The van der Waals surface area contributed by atoms with Crippen LogP contribution in [0.3, 0.4) is 0 Å². The lowest BCUT2D eigenvalue weighted by Gasteiger charge is -2.26. The Bertz CT molecular complexity index is 1480. The van der Waals surface area contributed by atoms with Gasteiger partial charge in [0.15, 0.2) is 9.84 Å². The quantitative estimate of drug-likeness (QED) is 0.388. The monoisotopic (exact) mass is 509 g/mol. The first kappa shape index (κ1) is 24.2. The van der Waals surface area contributed by atoms with Crippen molar-refractivity contribution in [3.05, 3.63) is 83.9 Å². The summed E-state index contributed by atoms with van der Waals surface area (Å²) >= 11 is 0. The van der Waals surface area contributed by atoms with Gasteiger partial charge >= 0.3 is 0 Å². The highest BCUT2D eigenvalue weighted by Crippen LogP contribution is 2.25. The van der Waals surface area contributed by atoms with Crippen molar-refractivity contribution in [2.24, 2.45) is 0 Å². The Morgan fingerprint density at radius 3 is 2.61 bits per heavy atom. The summed E-state index contributed by atoms with van der Waals surface area (Å²) in [5.41, 5.74) is 2.41. The van der Waals surface area contributed by atoms with Gasteiger partial charge in [-0.05, 0) is 17.7 Å². The number of aromatic nitrogens is 3. The highest BCUT2D eigenvalue weighted by molar-refractivity contribution is 7.89. The molecule has 0 saturated carbocycles. The van der Waals surface area contributed by atoms with Crippen molar-refractivity contribution in [2.75, 3.05) is 18.4 Å². The number of pyridine rings is 1. The molecule has 1 fully saturated rings. The summed E-state index contributed by atoms with van der Waals surface area (Å²) in [5, 5.41) is 6.89. The van der Waals surface area contributed by atoms with Crippen LogP contribution in [-0.2, 0) is 21.3 Å². The summed E-state index contributed by atoms with van der Waals surface area (Å²) in [6, 6.07) is 14.9. The summed E-state index contributed by atoms with van der Waals surface area (Å²) < 4.78 is 53.6. The van der Waals surface area contributed by atoms with Gasteiger partial charge in [0.25, 0.3) is 0 Å². The topological polar surface area (TPSA) is 96.9 Å². The number of benzene rings is 2. The molecule has 2 aromatic heterocycles. The summed E-state index contributed by atoms with van der Waals surface area (Å²) in [5.74, 6) is -0.745. The second kappa shape index (κ2) is 10.2. The van der Waals surface area contributed by atoms with Crippen LogP contribution in [0.1, 0.15) is 17.5 Å². The van der Waals surface area contributed by atoms with Crippen LogP contribution in [0.25, 0.3) is 22.2 Å². The molecule has 4 aromatic rings. The molecule has 0 radical (unpaired) electrons. The maximum Gasteiger partial charge on any atom is 0.223 e. The van der Waals surface area contributed by atoms with E-state index < -0.39 is 21.8 Å². The van der Waals surface area contributed by atoms with Gasteiger partial charge in [0.05, 0.1) is 28.9 Å². The molecule has 1 saturated heterocycles. The van der Waals surface area contributed by atoms with E-state index in [4.69, 9.17) is 0 Å². The molecule has 0 bridgehead atoms. The number of halogens is 2. The van der Waals surface area contributed by atoms with Crippen molar-refractivity contribution in [3.8, 4) is 11.3 Å². The number of nitrogens with one attached hydrogen (secondary N) is 2. The first-order valence-corrected chi connectivity index (χ1v) is 13.4. The summed E-state index contributed by atoms with van der Waals surface area (Å²) in [7, 11) is -3.54. The van der Waals surface area contributed by atoms with E-state index in [1.165, 1.54) is 12.1 Å². The highest BCUT2D eigenvalue weighted by Gasteiger charge is 2.22. The van der Waals surface area contributed by atoms with E-state index in [1.807, 2.05) is 6.07 Å². The molecule has 5 rings (SSSR count). The van der Waals surface area contributed by atoms with Gasteiger partial charge in [-0.3, -0.25) is 4.98 Å². The van der Waals surface area contributed by atoms with Crippen LogP contribution in [0.4, 0.5) is 14.7 Å². The van der Waals surface area contributed by atoms with Crippen molar-refractivity contribution in [1.82, 2.24) is 20.3 Å². The summed E-state index contributed by atoms with van der Waals surface area (Å²) in [4.78, 5) is 13.2. The number of anilines is 1. The minimum Gasteiger partial charge on any atom is -0.350 e. The van der Waals surface area contributed by atoms with E-state index in [-0.39, 0.29) is 23.1 Å². The number of piperidine rings is 1. The van der Waals surface area contributed by atoms with Gasteiger partial charge in [0.1, 0.15) is 12.0 Å². The Hall–Kier alpha value is -3.50. The number of sulfone groups is 1. The Balaban J connectivity index is 1.31. The predicted octanol–water partition coefficient (Wildman–Crippen LogP) is 4.06. The van der Waals surface area contributed by atoms with Gasteiger partial charge < -0.3 is 10.6 Å². The van der Waals surface area contributed by atoms with E-state index in [0.717, 1.165) is 0 Å². The fraction of sp³-hybridized carbons (Fsp3) is 0.269. The van der Waals surface area contributed by atoms with E-state index in [2.05, 4.69) is 25.6 Å². The number of hydrogen-bond acceptors (Lipinski definition) is 7. The molecule has 2 N–H and O–H groups in total. The van der Waals surface area contributed by atoms with Gasteiger partial charge in [0.2, 0.25) is 5.95 Å². The normalized spacial score (nSPS) is 18.3. The second-order valence-corrected chi connectivity index (χ2v) is 11.0. The number of rotatable bonds is 7. The minimum atomic E-state index is -3.54. The summed E-state index contributed by atoms with van der Waals surface area (Å²) in [6.07, 6.45) is 2.70. The van der Waals surface area contributed by atoms with Gasteiger partial charge in [-0.25, -0.2) is 27.2 Å². The lowest BCUT2D eigenvalue weighted by molar-refractivity contribution is 0.254. The van der Waals surface area contributed by atoms with E-state index >= 15 is 0 Å². The molecule has 0 amide bonds. The van der Waals surface area contributed by atoms with Crippen LogP contribution in [0.15, 0.2) is 67.0 Å². The van der Waals surface area contributed by atoms with Crippen molar-refractivity contribution >= 4 is 26.7 Å². The molecular formula is C26H25F2N5O2S. The minimum absolute atomic E-state index is 0.101. The van der Waals surface area contributed by atoms with E-state index in [1.54, 1.807) is 48.8 Å². The second-order valence-electron chi connectivity index (χ2n) is 8.98. The third kappa shape index (κ3) is 5.83. The van der Waals surface area contributed by atoms with Crippen LogP contribution >= 0.6 is 0 Å². The molecule has 2 aromatic carbocycles. The van der Waals surface area contributed by atoms with Gasteiger partial charge in [-0.15, -0.1) is 0 Å². The molecule has 0 unspecified atom stereocenters. The molecule has 10 heteroatoms. The zero-order valence-corrected chi connectivity index (χ0v) is 20.2. The van der Waals surface area contributed by atoms with Crippen molar-refractivity contribution in [2.45, 2.75) is 30.1 Å². The number of fused-ring (bicyclic) bond motifs is 1. The maximum absolute atomic E-state index is 14.9.